The smallest absolute Gasteiger partial charge is 0.270 e. The van der Waals surface area contributed by atoms with Gasteiger partial charge in [-0.05, 0) is 46.3 Å². The molecule has 25 heavy (non-hydrogen) atoms. The van der Waals surface area contributed by atoms with Gasteiger partial charge in [0.25, 0.3) is 5.91 Å². The second-order valence-electron chi connectivity index (χ2n) is 6.56. The van der Waals surface area contributed by atoms with Crippen LogP contribution in [0.4, 0.5) is 0 Å². The van der Waals surface area contributed by atoms with E-state index in [1.54, 1.807) is 31.2 Å². The number of hydrazine groups is 1. The molecule has 0 spiro atoms. The zero-order chi connectivity index (χ0) is 19.0. The number of rotatable bonds is 8. The van der Waals surface area contributed by atoms with Gasteiger partial charge >= 0.3 is 0 Å². The number of aliphatic carboxylic acids is 1. The average Bonchev–Trinajstić information content (AvgIpc) is 2.52. The molecular formula is C18H24BrN2O4-. The van der Waals surface area contributed by atoms with E-state index >= 15 is 0 Å². The van der Waals surface area contributed by atoms with Gasteiger partial charge in [-0.3, -0.25) is 20.4 Å². The van der Waals surface area contributed by atoms with Crippen molar-refractivity contribution in [1.82, 2.24) is 10.9 Å². The third kappa shape index (κ3) is 7.25. The van der Waals surface area contributed by atoms with Crippen molar-refractivity contribution in [3.05, 3.63) is 34.3 Å². The van der Waals surface area contributed by atoms with Crippen LogP contribution in [-0.4, -0.2) is 17.8 Å². The Hall–Kier alpha value is -1.89. The van der Waals surface area contributed by atoms with Crippen molar-refractivity contribution in [1.29, 1.82) is 0 Å². The van der Waals surface area contributed by atoms with Gasteiger partial charge in [-0.2, -0.15) is 0 Å². The van der Waals surface area contributed by atoms with Crippen molar-refractivity contribution >= 4 is 33.7 Å². The van der Waals surface area contributed by atoms with Gasteiger partial charge in [0, 0.05) is 22.8 Å². The van der Waals surface area contributed by atoms with Crippen molar-refractivity contribution in [2.75, 3.05) is 0 Å². The zero-order valence-corrected chi connectivity index (χ0v) is 16.3. The number of carboxylic acids is 1. The quantitative estimate of drug-likeness (QED) is 0.639. The molecule has 2 N–H and O–H groups in total. The summed E-state index contributed by atoms with van der Waals surface area (Å²) in [5.41, 5.74) is 5.05. The summed E-state index contributed by atoms with van der Waals surface area (Å²) >= 11 is 3.26. The van der Waals surface area contributed by atoms with Crippen LogP contribution >= 0.6 is 15.9 Å². The van der Waals surface area contributed by atoms with Crippen molar-refractivity contribution < 1.29 is 19.5 Å². The zero-order valence-electron chi connectivity index (χ0n) is 14.7. The highest BCUT2D eigenvalue weighted by Gasteiger charge is 2.22. The fourth-order valence-electron chi connectivity index (χ4n) is 2.47. The minimum absolute atomic E-state index is 0.00696. The highest BCUT2D eigenvalue weighted by molar-refractivity contribution is 9.10. The minimum Gasteiger partial charge on any atom is -0.550 e. The molecule has 0 aliphatic rings. The van der Waals surface area contributed by atoms with E-state index in [1.807, 2.05) is 13.8 Å². The lowest BCUT2D eigenvalue weighted by molar-refractivity contribution is -0.313. The molecule has 0 fully saturated rings. The van der Waals surface area contributed by atoms with Gasteiger partial charge < -0.3 is 9.90 Å². The summed E-state index contributed by atoms with van der Waals surface area (Å²) in [6, 6.07) is 6.82. The maximum absolute atomic E-state index is 12.0. The molecule has 6 nitrogen and oxygen atoms in total. The summed E-state index contributed by atoms with van der Waals surface area (Å²) in [7, 11) is 0. The Kier molecular flexibility index (Phi) is 8.61. The van der Waals surface area contributed by atoms with E-state index in [9.17, 15) is 19.5 Å². The SMILES string of the molecule is CC(C)CC[C@H](C(=O)[O-])[C@H](C)CC(=O)NNC(=O)c1ccccc1Br. The molecule has 138 valence electrons. The fraction of sp³-hybridized carbons (Fsp3) is 0.500. The number of carboxylic acid groups (broad SMARTS) is 1. The molecule has 2 atom stereocenters. The second-order valence-corrected chi connectivity index (χ2v) is 7.41. The van der Waals surface area contributed by atoms with Crippen molar-refractivity contribution in [3.8, 4) is 0 Å². The monoisotopic (exact) mass is 411 g/mol. The maximum Gasteiger partial charge on any atom is 0.270 e. The Morgan fingerprint density at radius 1 is 1.08 bits per heavy atom. The van der Waals surface area contributed by atoms with Gasteiger partial charge in [0.2, 0.25) is 5.91 Å². The van der Waals surface area contributed by atoms with Gasteiger partial charge in [-0.1, -0.05) is 39.3 Å². The van der Waals surface area contributed by atoms with Crippen molar-refractivity contribution in [2.45, 2.75) is 40.0 Å². The lowest BCUT2D eigenvalue weighted by Crippen LogP contribution is -2.43. The second kappa shape index (κ2) is 10.2. The molecule has 0 radical (unpaired) electrons. The molecule has 0 saturated heterocycles. The number of carbonyl (C=O) groups excluding carboxylic acids is 3. The molecule has 1 aromatic carbocycles. The van der Waals surface area contributed by atoms with Crippen LogP contribution in [0.15, 0.2) is 28.7 Å². The van der Waals surface area contributed by atoms with E-state index in [0.29, 0.717) is 22.4 Å². The van der Waals surface area contributed by atoms with Gasteiger partial charge in [0.1, 0.15) is 0 Å². The molecule has 0 heterocycles. The Balaban J connectivity index is 2.53. The molecule has 0 saturated carbocycles. The summed E-state index contributed by atoms with van der Waals surface area (Å²) in [6.45, 7) is 5.73. The maximum atomic E-state index is 12.0. The highest BCUT2D eigenvalue weighted by Crippen LogP contribution is 2.22. The van der Waals surface area contributed by atoms with Gasteiger partial charge in [-0.25, -0.2) is 0 Å². The van der Waals surface area contributed by atoms with Crippen LogP contribution in [-0.2, 0) is 9.59 Å². The van der Waals surface area contributed by atoms with E-state index in [0.717, 1.165) is 6.42 Å². The fourth-order valence-corrected chi connectivity index (χ4v) is 2.94. The largest absolute Gasteiger partial charge is 0.550 e. The summed E-state index contributed by atoms with van der Waals surface area (Å²) in [5, 5.41) is 11.3. The third-order valence-electron chi connectivity index (χ3n) is 3.99. The number of hydrogen-bond acceptors (Lipinski definition) is 4. The van der Waals surface area contributed by atoms with Crippen LogP contribution in [0.5, 0.6) is 0 Å². The highest BCUT2D eigenvalue weighted by atomic mass is 79.9. The number of halogens is 1. The normalized spacial score (nSPS) is 13.2. The molecule has 7 heteroatoms. The third-order valence-corrected chi connectivity index (χ3v) is 4.68. The molecule has 0 aliphatic carbocycles. The number of amides is 2. The molecule has 0 bridgehead atoms. The first-order valence-corrected chi connectivity index (χ1v) is 9.06. The van der Waals surface area contributed by atoms with Gasteiger partial charge in [-0.15, -0.1) is 0 Å². The molecule has 0 aliphatic heterocycles. The van der Waals surface area contributed by atoms with Crippen LogP contribution < -0.4 is 16.0 Å². The van der Waals surface area contributed by atoms with Crippen LogP contribution in [0.2, 0.25) is 0 Å². The van der Waals surface area contributed by atoms with Crippen molar-refractivity contribution in [3.63, 3.8) is 0 Å². The first-order chi connectivity index (χ1) is 11.7. The minimum atomic E-state index is -1.14. The lowest BCUT2D eigenvalue weighted by Gasteiger charge is -2.25. The first kappa shape index (κ1) is 21.2. The summed E-state index contributed by atoms with van der Waals surface area (Å²) in [6.07, 6.45) is 1.22. The van der Waals surface area contributed by atoms with Gasteiger partial charge in [0.05, 0.1) is 5.56 Å². The Morgan fingerprint density at radius 2 is 1.72 bits per heavy atom. The number of carbonyl (C=O) groups is 3. The van der Waals surface area contributed by atoms with Crippen LogP contribution in [0, 0.1) is 17.8 Å². The topological polar surface area (TPSA) is 98.3 Å². The molecule has 0 aromatic heterocycles. The predicted octanol–water partition coefficient (Wildman–Crippen LogP) is 2.04. The van der Waals surface area contributed by atoms with Crippen molar-refractivity contribution in [2.24, 2.45) is 17.8 Å². The van der Waals surface area contributed by atoms with E-state index < -0.39 is 23.7 Å². The number of nitrogens with one attached hydrogen (secondary N) is 2. The standard InChI is InChI=1S/C18H25BrN2O4/c1-11(2)8-9-13(18(24)25)12(3)10-16(22)20-21-17(23)14-6-4-5-7-15(14)19/h4-7,11-13H,8-10H2,1-3H3,(H,20,22)(H,21,23)(H,24,25)/p-1/t12-,13+/m1/s1. The van der Waals surface area contributed by atoms with Crippen LogP contribution in [0.25, 0.3) is 0 Å². The molecule has 2 amide bonds. The van der Waals surface area contributed by atoms with Crippen LogP contribution in [0.1, 0.15) is 50.4 Å². The molecule has 0 unspecified atom stereocenters. The van der Waals surface area contributed by atoms with E-state index in [-0.39, 0.29) is 12.3 Å². The molecule has 1 aromatic rings. The van der Waals surface area contributed by atoms with Crippen LogP contribution in [0.3, 0.4) is 0 Å². The Morgan fingerprint density at radius 3 is 2.28 bits per heavy atom. The van der Waals surface area contributed by atoms with E-state index in [1.165, 1.54) is 0 Å². The Labute approximate surface area is 156 Å². The summed E-state index contributed by atoms with van der Waals surface area (Å²) in [5.74, 6) is -2.73. The van der Waals surface area contributed by atoms with Gasteiger partial charge in [0.15, 0.2) is 0 Å². The average molecular weight is 412 g/mol. The summed E-state index contributed by atoms with van der Waals surface area (Å²) in [4.78, 5) is 35.3. The Bertz CT molecular complexity index is 619. The van der Waals surface area contributed by atoms with E-state index in [2.05, 4.69) is 26.8 Å². The summed E-state index contributed by atoms with van der Waals surface area (Å²) < 4.78 is 0.612. The number of hydrogen-bond donors (Lipinski definition) is 2. The lowest BCUT2D eigenvalue weighted by atomic mass is 9.85. The first-order valence-electron chi connectivity index (χ1n) is 8.27. The van der Waals surface area contributed by atoms with E-state index in [4.69, 9.17) is 0 Å². The predicted molar refractivity (Wildman–Crippen MR) is 96.1 cm³/mol. The molecular weight excluding hydrogens is 388 g/mol. The molecule has 1 rings (SSSR count). The number of benzene rings is 1.